The van der Waals surface area contributed by atoms with E-state index in [4.69, 9.17) is 4.74 Å². The Morgan fingerprint density at radius 3 is 2.85 bits per heavy atom. The third-order valence-electron chi connectivity index (χ3n) is 3.91. The van der Waals surface area contributed by atoms with Crippen LogP contribution in [-0.4, -0.2) is 26.1 Å². The topological polar surface area (TPSA) is 81.9 Å². The molecular weight excluding hydrogens is 330 g/mol. The molecule has 0 radical (unpaired) electrons. The minimum Gasteiger partial charge on any atom is -0.486 e. The summed E-state index contributed by atoms with van der Waals surface area (Å²) in [6, 6.07) is 15.1. The van der Waals surface area contributed by atoms with Crippen LogP contribution in [0.4, 0.5) is 0 Å². The van der Waals surface area contributed by atoms with Gasteiger partial charge in [-0.2, -0.15) is 0 Å². The smallest absolute Gasteiger partial charge is 0.251 e. The number of benzene rings is 2. The van der Waals surface area contributed by atoms with E-state index < -0.39 is 0 Å². The third-order valence-corrected chi connectivity index (χ3v) is 3.91. The number of amides is 1. The Labute approximate surface area is 152 Å². The fourth-order valence-corrected chi connectivity index (χ4v) is 2.55. The molecule has 1 amide bonds. The van der Waals surface area contributed by atoms with Crippen LogP contribution in [0.15, 0.2) is 48.5 Å². The molecule has 0 unspecified atom stereocenters. The molecule has 1 N–H and O–H groups in total. The van der Waals surface area contributed by atoms with Crippen LogP contribution >= 0.6 is 0 Å². The number of rotatable bonds is 7. The minimum absolute atomic E-state index is 0.143. The molecule has 0 bridgehead atoms. The summed E-state index contributed by atoms with van der Waals surface area (Å²) < 4.78 is 7.38. The summed E-state index contributed by atoms with van der Waals surface area (Å²) in [5, 5.41) is 14.3. The number of tetrazole rings is 1. The van der Waals surface area contributed by atoms with E-state index in [-0.39, 0.29) is 12.5 Å². The van der Waals surface area contributed by atoms with Crippen molar-refractivity contribution in [1.82, 2.24) is 25.5 Å². The molecule has 0 atom stereocenters. The molecule has 0 fully saturated rings. The highest BCUT2D eigenvalue weighted by Crippen LogP contribution is 2.15. The first-order valence-electron chi connectivity index (χ1n) is 8.47. The second-order valence-electron chi connectivity index (χ2n) is 5.90. The number of nitrogens with zero attached hydrogens (tertiary/aromatic N) is 4. The average molecular weight is 351 g/mol. The van der Waals surface area contributed by atoms with Crippen molar-refractivity contribution in [3.05, 3.63) is 71.0 Å². The zero-order valence-corrected chi connectivity index (χ0v) is 14.8. The van der Waals surface area contributed by atoms with Crippen LogP contribution in [0, 0.1) is 6.92 Å². The molecule has 3 rings (SSSR count). The van der Waals surface area contributed by atoms with Gasteiger partial charge in [-0.1, -0.05) is 35.9 Å². The van der Waals surface area contributed by atoms with Crippen LogP contribution in [0.25, 0.3) is 0 Å². The van der Waals surface area contributed by atoms with Gasteiger partial charge in [-0.15, -0.1) is 5.10 Å². The number of carbonyl (C=O) groups excluding carboxylic acids is 1. The van der Waals surface area contributed by atoms with Crippen molar-refractivity contribution in [3.8, 4) is 5.75 Å². The minimum atomic E-state index is -0.143. The standard InChI is InChI=1S/C19H21N5O2/c1-3-24-18(21-22-23-24)13-26-17-9-5-8-16(11-17)19(25)20-12-15-7-4-6-14(2)10-15/h4-11H,3,12-13H2,1-2H3,(H,20,25). The van der Waals surface area contributed by atoms with E-state index in [2.05, 4.69) is 26.9 Å². The summed E-state index contributed by atoms with van der Waals surface area (Å²) in [4.78, 5) is 12.4. The van der Waals surface area contributed by atoms with E-state index in [0.29, 0.717) is 30.2 Å². The first-order chi connectivity index (χ1) is 12.7. The SMILES string of the molecule is CCn1nnnc1COc1cccc(C(=O)NCc2cccc(C)c2)c1. The molecular formula is C19H21N5O2. The molecule has 0 spiro atoms. The van der Waals surface area contributed by atoms with Crippen molar-refractivity contribution in [2.24, 2.45) is 0 Å². The van der Waals surface area contributed by atoms with E-state index in [1.807, 2.05) is 32.0 Å². The number of carbonyl (C=O) groups is 1. The van der Waals surface area contributed by atoms with Gasteiger partial charge in [0.15, 0.2) is 5.82 Å². The number of hydrogen-bond acceptors (Lipinski definition) is 5. The molecule has 0 saturated carbocycles. The van der Waals surface area contributed by atoms with E-state index in [1.165, 1.54) is 5.56 Å². The monoisotopic (exact) mass is 351 g/mol. The first kappa shape index (κ1) is 17.6. The lowest BCUT2D eigenvalue weighted by Crippen LogP contribution is -2.22. The quantitative estimate of drug-likeness (QED) is 0.707. The average Bonchev–Trinajstić information content (AvgIpc) is 3.12. The van der Waals surface area contributed by atoms with Crippen LogP contribution in [-0.2, 0) is 19.7 Å². The van der Waals surface area contributed by atoms with Crippen molar-refractivity contribution in [2.45, 2.75) is 33.5 Å². The molecule has 7 heteroatoms. The molecule has 26 heavy (non-hydrogen) atoms. The molecule has 0 aliphatic rings. The van der Waals surface area contributed by atoms with Gasteiger partial charge in [0, 0.05) is 18.7 Å². The molecule has 7 nitrogen and oxygen atoms in total. The zero-order chi connectivity index (χ0) is 18.4. The summed E-state index contributed by atoms with van der Waals surface area (Å²) in [5.74, 6) is 1.09. The predicted molar refractivity (Wildman–Crippen MR) is 96.6 cm³/mol. The Hall–Kier alpha value is -3.22. The van der Waals surface area contributed by atoms with E-state index >= 15 is 0 Å². The van der Waals surface area contributed by atoms with Gasteiger partial charge in [0.1, 0.15) is 12.4 Å². The van der Waals surface area contributed by atoms with Gasteiger partial charge < -0.3 is 10.1 Å². The molecule has 0 aliphatic carbocycles. The fraction of sp³-hybridized carbons (Fsp3) is 0.263. The molecule has 1 heterocycles. The first-order valence-corrected chi connectivity index (χ1v) is 8.47. The van der Waals surface area contributed by atoms with E-state index in [0.717, 1.165) is 5.56 Å². The Morgan fingerprint density at radius 1 is 1.19 bits per heavy atom. The summed E-state index contributed by atoms with van der Waals surface area (Å²) in [6.07, 6.45) is 0. The maximum absolute atomic E-state index is 12.4. The largest absolute Gasteiger partial charge is 0.486 e. The number of nitrogens with one attached hydrogen (secondary N) is 1. The Bertz CT molecular complexity index is 891. The molecule has 3 aromatic rings. The molecule has 134 valence electrons. The van der Waals surface area contributed by atoms with Crippen LogP contribution in [0.1, 0.15) is 34.2 Å². The number of ether oxygens (including phenoxy) is 1. The zero-order valence-electron chi connectivity index (χ0n) is 14.8. The highest BCUT2D eigenvalue weighted by atomic mass is 16.5. The second kappa shape index (κ2) is 8.24. The maximum atomic E-state index is 12.4. The van der Waals surface area contributed by atoms with Gasteiger partial charge in [-0.3, -0.25) is 4.79 Å². The van der Waals surface area contributed by atoms with Crippen LogP contribution in [0.2, 0.25) is 0 Å². The summed E-state index contributed by atoms with van der Waals surface area (Å²) in [7, 11) is 0. The molecule has 0 saturated heterocycles. The molecule has 0 aliphatic heterocycles. The van der Waals surface area contributed by atoms with Gasteiger partial charge in [0.05, 0.1) is 0 Å². The highest BCUT2D eigenvalue weighted by molar-refractivity contribution is 5.94. The summed E-state index contributed by atoms with van der Waals surface area (Å²) in [6.45, 7) is 5.39. The lowest BCUT2D eigenvalue weighted by molar-refractivity contribution is 0.0950. The van der Waals surface area contributed by atoms with Crippen LogP contribution < -0.4 is 10.1 Å². The summed E-state index contributed by atoms with van der Waals surface area (Å²) in [5.41, 5.74) is 2.78. The molecule has 1 aromatic heterocycles. The van der Waals surface area contributed by atoms with E-state index in [1.54, 1.807) is 28.9 Å². The van der Waals surface area contributed by atoms with Gasteiger partial charge in [0.2, 0.25) is 0 Å². The lowest BCUT2D eigenvalue weighted by Gasteiger charge is -2.09. The normalized spacial score (nSPS) is 10.5. The van der Waals surface area contributed by atoms with Crippen LogP contribution in [0.3, 0.4) is 0 Å². The van der Waals surface area contributed by atoms with Crippen LogP contribution in [0.5, 0.6) is 5.75 Å². The number of aryl methyl sites for hydroxylation is 2. The van der Waals surface area contributed by atoms with Gasteiger partial charge in [-0.25, -0.2) is 4.68 Å². The van der Waals surface area contributed by atoms with Gasteiger partial charge in [-0.05, 0) is 48.0 Å². The number of hydrogen-bond donors (Lipinski definition) is 1. The third kappa shape index (κ3) is 4.44. The molecule has 2 aromatic carbocycles. The second-order valence-corrected chi connectivity index (χ2v) is 5.90. The fourth-order valence-electron chi connectivity index (χ4n) is 2.55. The Balaban J connectivity index is 1.60. The van der Waals surface area contributed by atoms with Gasteiger partial charge in [0.25, 0.3) is 5.91 Å². The predicted octanol–water partition coefficient (Wildman–Crippen LogP) is 2.51. The highest BCUT2D eigenvalue weighted by Gasteiger charge is 2.09. The summed E-state index contributed by atoms with van der Waals surface area (Å²) >= 11 is 0. The Morgan fingerprint density at radius 2 is 2.04 bits per heavy atom. The van der Waals surface area contributed by atoms with Gasteiger partial charge >= 0.3 is 0 Å². The van der Waals surface area contributed by atoms with Crippen molar-refractivity contribution in [1.29, 1.82) is 0 Å². The van der Waals surface area contributed by atoms with Crippen molar-refractivity contribution >= 4 is 5.91 Å². The lowest BCUT2D eigenvalue weighted by atomic mass is 10.1. The van der Waals surface area contributed by atoms with Crippen molar-refractivity contribution < 1.29 is 9.53 Å². The number of aromatic nitrogens is 4. The van der Waals surface area contributed by atoms with Crippen molar-refractivity contribution in [3.63, 3.8) is 0 Å². The van der Waals surface area contributed by atoms with E-state index in [9.17, 15) is 4.79 Å². The van der Waals surface area contributed by atoms with Crippen molar-refractivity contribution in [2.75, 3.05) is 0 Å². The Kier molecular flexibility index (Phi) is 5.58. The maximum Gasteiger partial charge on any atom is 0.251 e.